The first-order valence-corrected chi connectivity index (χ1v) is 4.99. The monoisotopic (exact) mass is 280 g/mol. The summed E-state index contributed by atoms with van der Waals surface area (Å²) in [6.45, 7) is 0. The minimum absolute atomic E-state index is 0.246. The maximum absolute atomic E-state index is 13.3. The molecule has 15 heavy (non-hydrogen) atoms. The summed E-state index contributed by atoms with van der Waals surface area (Å²) in [7, 11) is 0. The zero-order valence-electron chi connectivity index (χ0n) is 7.33. The van der Waals surface area contributed by atoms with Crippen LogP contribution in [0.5, 0.6) is 0 Å². The third-order valence-electron chi connectivity index (χ3n) is 1.59. The average molecular weight is 281 g/mol. The topological polar surface area (TPSA) is 0 Å². The highest BCUT2D eigenvalue weighted by atomic mass is 79.9. The van der Waals surface area contributed by atoms with Gasteiger partial charge in [0, 0.05) is 0 Å². The molecule has 0 N–H and O–H groups in total. The minimum Gasteiger partial charge on any atom is -0.205 e. The Bertz CT molecular complexity index is 412. The summed E-state index contributed by atoms with van der Waals surface area (Å²) < 4.78 is 50.0. The molecule has 0 spiro atoms. The van der Waals surface area contributed by atoms with Gasteiger partial charge >= 0.3 is 6.18 Å². The summed E-state index contributed by atoms with van der Waals surface area (Å²) >= 11 is 2.97. The Morgan fingerprint density at radius 3 is 2.47 bits per heavy atom. The van der Waals surface area contributed by atoms with Gasteiger partial charge in [0.15, 0.2) is 5.82 Å². The number of hydrogen-bond acceptors (Lipinski definition) is 0. The number of halogens is 5. The van der Waals surface area contributed by atoms with Crippen molar-refractivity contribution < 1.29 is 17.6 Å². The van der Waals surface area contributed by atoms with E-state index >= 15 is 0 Å². The molecule has 1 aromatic carbocycles. The molecule has 0 amide bonds. The van der Waals surface area contributed by atoms with E-state index in [1.807, 2.05) is 0 Å². The van der Waals surface area contributed by atoms with Gasteiger partial charge in [-0.3, -0.25) is 0 Å². The highest BCUT2D eigenvalue weighted by Crippen LogP contribution is 2.32. The first kappa shape index (κ1) is 12.1. The molecule has 0 aliphatic rings. The zero-order valence-corrected chi connectivity index (χ0v) is 8.91. The van der Waals surface area contributed by atoms with E-state index in [0.29, 0.717) is 6.07 Å². The van der Waals surface area contributed by atoms with Crippen LogP contribution in [-0.4, -0.2) is 5.33 Å². The molecule has 80 valence electrons. The zero-order chi connectivity index (χ0) is 11.5. The van der Waals surface area contributed by atoms with Crippen molar-refractivity contribution in [3.63, 3.8) is 0 Å². The van der Waals surface area contributed by atoms with Gasteiger partial charge in [0.25, 0.3) is 0 Å². The standard InChI is InChI=1S/C10H5BrF4/c11-6-2-4-7-3-1-5-8(9(7)12)10(13,14)15/h1,3,5H,6H2. The van der Waals surface area contributed by atoms with Crippen molar-refractivity contribution in [3.05, 3.63) is 35.1 Å². The molecule has 0 saturated heterocycles. The Labute approximate surface area is 92.4 Å². The van der Waals surface area contributed by atoms with E-state index in [2.05, 4.69) is 27.8 Å². The van der Waals surface area contributed by atoms with Crippen molar-refractivity contribution in [2.75, 3.05) is 5.33 Å². The van der Waals surface area contributed by atoms with Crippen LogP contribution in [0.4, 0.5) is 17.6 Å². The molecule has 0 aliphatic carbocycles. The molecule has 0 nitrogen and oxygen atoms in total. The summed E-state index contributed by atoms with van der Waals surface area (Å²) in [5.41, 5.74) is -1.53. The minimum atomic E-state index is -4.68. The maximum Gasteiger partial charge on any atom is 0.419 e. The maximum atomic E-state index is 13.3. The number of alkyl halides is 4. The molecule has 5 heteroatoms. The fourth-order valence-corrected chi connectivity index (χ4v) is 1.12. The van der Waals surface area contributed by atoms with Crippen molar-refractivity contribution in [2.24, 2.45) is 0 Å². The molecule has 0 unspecified atom stereocenters. The van der Waals surface area contributed by atoms with E-state index in [1.54, 1.807) is 0 Å². The molecule has 0 fully saturated rings. The van der Waals surface area contributed by atoms with Crippen LogP contribution in [0, 0.1) is 17.7 Å². The van der Waals surface area contributed by atoms with Gasteiger partial charge in [0.1, 0.15) is 0 Å². The SMILES string of the molecule is Fc1c(C#CCBr)cccc1C(F)(F)F. The number of rotatable bonds is 0. The van der Waals surface area contributed by atoms with Gasteiger partial charge in [-0.2, -0.15) is 13.2 Å². The Morgan fingerprint density at radius 1 is 1.27 bits per heavy atom. The second-order valence-electron chi connectivity index (χ2n) is 2.60. The van der Waals surface area contributed by atoms with Crippen molar-refractivity contribution in [1.82, 2.24) is 0 Å². The van der Waals surface area contributed by atoms with Crippen LogP contribution in [0.15, 0.2) is 18.2 Å². The Balaban J connectivity index is 3.23. The van der Waals surface area contributed by atoms with Gasteiger partial charge in [-0.25, -0.2) is 4.39 Å². The van der Waals surface area contributed by atoms with Crippen LogP contribution < -0.4 is 0 Å². The second kappa shape index (κ2) is 4.67. The lowest BCUT2D eigenvalue weighted by Crippen LogP contribution is -2.08. The van der Waals surface area contributed by atoms with Crippen LogP contribution >= 0.6 is 15.9 Å². The van der Waals surface area contributed by atoms with Crippen LogP contribution in [-0.2, 0) is 6.18 Å². The van der Waals surface area contributed by atoms with Crippen molar-refractivity contribution >= 4 is 15.9 Å². The molecule has 1 rings (SSSR count). The highest BCUT2D eigenvalue weighted by Gasteiger charge is 2.34. The largest absolute Gasteiger partial charge is 0.419 e. The van der Waals surface area contributed by atoms with Crippen LogP contribution in [0.25, 0.3) is 0 Å². The van der Waals surface area contributed by atoms with Crippen LogP contribution in [0.3, 0.4) is 0 Å². The lowest BCUT2D eigenvalue weighted by atomic mass is 10.1. The lowest BCUT2D eigenvalue weighted by molar-refractivity contribution is -0.140. The van der Waals surface area contributed by atoms with Crippen molar-refractivity contribution in [2.45, 2.75) is 6.18 Å². The van der Waals surface area contributed by atoms with Crippen molar-refractivity contribution in [1.29, 1.82) is 0 Å². The van der Waals surface area contributed by atoms with Crippen LogP contribution in [0.2, 0.25) is 0 Å². The van der Waals surface area contributed by atoms with Gasteiger partial charge < -0.3 is 0 Å². The summed E-state index contributed by atoms with van der Waals surface area (Å²) in [5, 5.41) is 0.280. The fraction of sp³-hybridized carbons (Fsp3) is 0.200. The number of hydrogen-bond donors (Lipinski definition) is 0. The molecular weight excluding hydrogens is 276 g/mol. The molecule has 1 aromatic rings. The molecule has 0 aliphatic heterocycles. The lowest BCUT2D eigenvalue weighted by Gasteiger charge is -2.08. The number of benzene rings is 1. The summed E-state index contributed by atoms with van der Waals surface area (Å²) in [6, 6.07) is 3.03. The predicted octanol–water partition coefficient (Wildman–Crippen LogP) is 3.59. The second-order valence-corrected chi connectivity index (χ2v) is 3.16. The quantitative estimate of drug-likeness (QED) is 0.387. The first-order valence-electron chi connectivity index (χ1n) is 3.87. The van der Waals surface area contributed by atoms with Gasteiger partial charge in [-0.05, 0) is 12.1 Å². The van der Waals surface area contributed by atoms with Gasteiger partial charge in [-0.1, -0.05) is 33.8 Å². The Morgan fingerprint density at radius 2 is 1.93 bits per heavy atom. The summed E-state index contributed by atoms with van der Waals surface area (Å²) in [5.74, 6) is 3.43. The molecule has 0 heterocycles. The highest BCUT2D eigenvalue weighted by molar-refractivity contribution is 9.09. The van der Waals surface area contributed by atoms with E-state index < -0.39 is 17.6 Å². The van der Waals surface area contributed by atoms with Crippen molar-refractivity contribution in [3.8, 4) is 11.8 Å². The predicted molar refractivity (Wildman–Crippen MR) is 52.1 cm³/mol. The van der Waals surface area contributed by atoms with Gasteiger partial charge in [-0.15, -0.1) is 0 Å². The Kier molecular flexibility index (Phi) is 3.75. The molecule has 0 saturated carbocycles. The molecular formula is C10H5BrF4. The van der Waals surface area contributed by atoms with E-state index in [1.165, 1.54) is 6.07 Å². The van der Waals surface area contributed by atoms with Crippen LogP contribution in [0.1, 0.15) is 11.1 Å². The van der Waals surface area contributed by atoms with E-state index in [4.69, 9.17) is 0 Å². The fourth-order valence-electron chi connectivity index (χ4n) is 0.976. The Hall–Kier alpha value is -1.02. The molecule has 0 aromatic heterocycles. The molecule has 0 atom stereocenters. The summed E-state index contributed by atoms with van der Waals surface area (Å²) in [4.78, 5) is 0. The van der Waals surface area contributed by atoms with Gasteiger partial charge in [0.05, 0.1) is 16.5 Å². The van der Waals surface area contributed by atoms with E-state index in [9.17, 15) is 17.6 Å². The first-order chi connectivity index (χ1) is 6.96. The third kappa shape index (κ3) is 2.96. The smallest absolute Gasteiger partial charge is 0.205 e. The average Bonchev–Trinajstić information content (AvgIpc) is 2.14. The van der Waals surface area contributed by atoms with Gasteiger partial charge in [0.2, 0.25) is 0 Å². The molecule has 0 radical (unpaired) electrons. The summed E-state index contributed by atoms with van der Waals surface area (Å²) in [6.07, 6.45) is -4.68. The third-order valence-corrected chi connectivity index (χ3v) is 1.87. The van der Waals surface area contributed by atoms with E-state index in [0.717, 1.165) is 6.07 Å². The molecule has 0 bridgehead atoms. The normalized spacial score (nSPS) is 10.7. The van der Waals surface area contributed by atoms with E-state index in [-0.39, 0.29) is 10.9 Å².